The second-order valence-corrected chi connectivity index (χ2v) is 5.67. The normalized spacial score (nSPS) is 15.5. The van der Waals surface area contributed by atoms with Crippen LogP contribution in [-0.2, 0) is 4.79 Å². The Bertz CT molecular complexity index is 748. The molecule has 0 atom stereocenters. The predicted molar refractivity (Wildman–Crippen MR) is 91.0 cm³/mol. The van der Waals surface area contributed by atoms with Gasteiger partial charge in [0.05, 0.1) is 11.3 Å². The maximum atomic E-state index is 12.5. The molecule has 0 aromatic heterocycles. The second-order valence-electron chi connectivity index (χ2n) is 5.67. The molecule has 4 heteroatoms. The third kappa shape index (κ3) is 2.55. The predicted octanol–water partition coefficient (Wildman–Crippen LogP) is 3.09. The molecule has 0 spiro atoms. The number of carbonyl (C=O) groups excluding carboxylic acids is 1. The molecule has 0 radical (unpaired) electrons. The number of amides is 1. The summed E-state index contributed by atoms with van der Waals surface area (Å²) >= 11 is 0. The molecular weight excluding hydrogens is 274 g/mol. The molecule has 112 valence electrons. The van der Waals surface area contributed by atoms with Gasteiger partial charge in [-0.3, -0.25) is 4.79 Å². The number of nitrogens with two attached hydrogens (primary N) is 1. The molecule has 2 aromatic carbocycles. The van der Waals surface area contributed by atoms with Crippen molar-refractivity contribution >= 4 is 28.6 Å². The van der Waals surface area contributed by atoms with Crippen molar-refractivity contribution in [2.24, 2.45) is 0 Å². The maximum Gasteiger partial charge on any atom is 0.258 e. The van der Waals surface area contributed by atoms with E-state index in [0.717, 1.165) is 22.5 Å². The van der Waals surface area contributed by atoms with Gasteiger partial charge in [0.15, 0.2) is 0 Å². The third-order valence-corrected chi connectivity index (χ3v) is 3.53. The average molecular weight is 293 g/mol. The molecule has 0 saturated heterocycles. The van der Waals surface area contributed by atoms with E-state index in [2.05, 4.69) is 24.5 Å². The minimum absolute atomic E-state index is 0.104. The standard InChI is InChI=1S/C18H19N3O/c1-11(2)20-17(12-6-4-3-5-7-12)16-14-10-13(19)8-9-15(14)21-18(16)22/h3-11,20H,19H2,1-2H3,(H,21,22)/b17-16-. The minimum atomic E-state index is -0.104. The van der Waals surface area contributed by atoms with Crippen molar-refractivity contribution in [1.29, 1.82) is 0 Å². The molecule has 0 unspecified atom stereocenters. The van der Waals surface area contributed by atoms with Crippen LogP contribution in [0.25, 0.3) is 11.3 Å². The fraction of sp³-hybridized carbons (Fsp3) is 0.167. The Morgan fingerprint density at radius 2 is 1.86 bits per heavy atom. The first-order valence-electron chi connectivity index (χ1n) is 7.33. The Balaban J connectivity index is 2.23. The molecule has 4 nitrogen and oxygen atoms in total. The van der Waals surface area contributed by atoms with Gasteiger partial charge < -0.3 is 16.4 Å². The fourth-order valence-electron chi connectivity index (χ4n) is 2.63. The summed E-state index contributed by atoms with van der Waals surface area (Å²) in [5.74, 6) is -0.104. The Morgan fingerprint density at radius 3 is 2.55 bits per heavy atom. The molecular formula is C18H19N3O. The molecule has 4 N–H and O–H groups in total. The fourth-order valence-corrected chi connectivity index (χ4v) is 2.63. The van der Waals surface area contributed by atoms with Crippen molar-refractivity contribution in [2.45, 2.75) is 19.9 Å². The van der Waals surface area contributed by atoms with Gasteiger partial charge in [0.25, 0.3) is 5.91 Å². The van der Waals surface area contributed by atoms with Crippen LogP contribution in [0.5, 0.6) is 0 Å². The van der Waals surface area contributed by atoms with Crippen LogP contribution in [0.3, 0.4) is 0 Å². The summed E-state index contributed by atoms with van der Waals surface area (Å²) in [6, 6.07) is 15.6. The number of nitrogen functional groups attached to an aromatic ring is 1. The maximum absolute atomic E-state index is 12.5. The summed E-state index contributed by atoms with van der Waals surface area (Å²) in [7, 11) is 0. The highest BCUT2D eigenvalue weighted by atomic mass is 16.2. The van der Waals surface area contributed by atoms with Gasteiger partial charge in [0.2, 0.25) is 0 Å². The van der Waals surface area contributed by atoms with Crippen LogP contribution in [0.4, 0.5) is 11.4 Å². The first-order chi connectivity index (χ1) is 10.6. The largest absolute Gasteiger partial charge is 0.399 e. The number of carbonyl (C=O) groups is 1. The Kier molecular flexibility index (Phi) is 3.59. The van der Waals surface area contributed by atoms with Crippen molar-refractivity contribution in [1.82, 2.24) is 5.32 Å². The first kappa shape index (κ1) is 14.2. The Hall–Kier alpha value is -2.75. The van der Waals surface area contributed by atoms with Crippen LogP contribution >= 0.6 is 0 Å². The molecule has 0 fully saturated rings. The monoisotopic (exact) mass is 293 g/mol. The van der Waals surface area contributed by atoms with Crippen LogP contribution in [0.1, 0.15) is 25.0 Å². The second kappa shape index (κ2) is 5.56. The number of anilines is 2. The number of rotatable bonds is 3. The zero-order chi connectivity index (χ0) is 15.7. The summed E-state index contributed by atoms with van der Waals surface area (Å²) in [6.45, 7) is 4.10. The van der Waals surface area contributed by atoms with Gasteiger partial charge >= 0.3 is 0 Å². The van der Waals surface area contributed by atoms with E-state index < -0.39 is 0 Å². The number of benzene rings is 2. The number of fused-ring (bicyclic) bond motifs is 1. The SMILES string of the molecule is CC(C)N/C(=C1\C(=O)Nc2ccc(N)cc21)c1ccccc1. The van der Waals surface area contributed by atoms with Gasteiger partial charge in [0, 0.05) is 23.0 Å². The zero-order valence-electron chi connectivity index (χ0n) is 12.7. The van der Waals surface area contributed by atoms with E-state index in [-0.39, 0.29) is 11.9 Å². The molecule has 1 heterocycles. The average Bonchev–Trinajstić information content (AvgIpc) is 2.81. The lowest BCUT2D eigenvalue weighted by Crippen LogP contribution is -2.23. The summed E-state index contributed by atoms with van der Waals surface area (Å²) in [6.07, 6.45) is 0. The van der Waals surface area contributed by atoms with Crippen molar-refractivity contribution < 1.29 is 4.79 Å². The molecule has 22 heavy (non-hydrogen) atoms. The minimum Gasteiger partial charge on any atom is -0.399 e. The number of hydrogen-bond acceptors (Lipinski definition) is 3. The summed E-state index contributed by atoms with van der Waals surface area (Å²) in [5.41, 5.74) is 10.6. The molecule has 0 bridgehead atoms. The molecule has 0 aliphatic carbocycles. The van der Waals surface area contributed by atoms with E-state index in [1.54, 1.807) is 6.07 Å². The number of hydrogen-bond donors (Lipinski definition) is 3. The molecule has 1 amide bonds. The zero-order valence-corrected chi connectivity index (χ0v) is 12.7. The lowest BCUT2D eigenvalue weighted by atomic mass is 9.99. The quantitative estimate of drug-likeness (QED) is 0.602. The van der Waals surface area contributed by atoms with Gasteiger partial charge in [-0.1, -0.05) is 30.3 Å². The molecule has 1 aliphatic heterocycles. The van der Waals surface area contributed by atoms with E-state index >= 15 is 0 Å². The summed E-state index contributed by atoms with van der Waals surface area (Å²) < 4.78 is 0. The van der Waals surface area contributed by atoms with Crippen LogP contribution in [0, 0.1) is 0 Å². The van der Waals surface area contributed by atoms with Gasteiger partial charge in [-0.15, -0.1) is 0 Å². The number of nitrogens with one attached hydrogen (secondary N) is 2. The lowest BCUT2D eigenvalue weighted by molar-refractivity contribution is -0.110. The molecule has 2 aromatic rings. The topological polar surface area (TPSA) is 67.2 Å². The Labute approximate surface area is 130 Å². The van der Waals surface area contributed by atoms with Gasteiger partial charge in [0.1, 0.15) is 0 Å². The van der Waals surface area contributed by atoms with Crippen LogP contribution in [-0.4, -0.2) is 11.9 Å². The highest BCUT2D eigenvalue weighted by Crippen LogP contribution is 2.37. The molecule has 1 aliphatic rings. The lowest BCUT2D eigenvalue weighted by Gasteiger charge is -2.17. The first-order valence-corrected chi connectivity index (χ1v) is 7.33. The van der Waals surface area contributed by atoms with Crippen LogP contribution in [0.2, 0.25) is 0 Å². The van der Waals surface area contributed by atoms with Crippen molar-refractivity contribution in [3.63, 3.8) is 0 Å². The van der Waals surface area contributed by atoms with E-state index in [0.29, 0.717) is 11.3 Å². The molecule has 0 saturated carbocycles. The van der Waals surface area contributed by atoms with E-state index in [1.807, 2.05) is 42.5 Å². The van der Waals surface area contributed by atoms with Gasteiger partial charge in [-0.2, -0.15) is 0 Å². The van der Waals surface area contributed by atoms with Crippen molar-refractivity contribution in [3.8, 4) is 0 Å². The van der Waals surface area contributed by atoms with E-state index in [1.165, 1.54) is 0 Å². The van der Waals surface area contributed by atoms with Crippen molar-refractivity contribution in [3.05, 3.63) is 59.7 Å². The van der Waals surface area contributed by atoms with Gasteiger partial charge in [-0.05, 0) is 37.6 Å². The highest BCUT2D eigenvalue weighted by molar-refractivity contribution is 6.36. The van der Waals surface area contributed by atoms with Crippen molar-refractivity contribution in [2.75, 3.05) is 11.1 Å². The summed E-state index contributed by atoms with van der Waals surface area (Å²) in [4.78, 5) is 12.5. The third-order valence-electron chi connectivity index (χ3n) is 3.53. The van der Waals surface area contributed by atoms with E-state index in [4.69, 9.17) is 5.73 Å². The Morgan fingerprint density at radius 1 is 1.14 bits per heavy atom. The van der Waals surface area contributed by atoms with Gasteiger partial charge in [-0.25, -0.2) is 0 Å². The smallest absolute Gasteiger partial charge is 0.258 e. The molecule has 3 rings (SSSR count). The van der Waals surface area contributed by atoms with Crippen LogP contribution < -0.4 is 16.4 Å². The summed E-state index contributed by atoms with van der Waals surface area (Å²) in [5, 5.41) is 6.31. The van der Waals surface area contributed by atoms with E-state index in [9.17, 15) is 4.79 Å². The van der Waals surface area contributed by atoms with Crippen LogP contribution in [0.15, 0.2) is 48.5 Å². The highest BCUT2D eigenvalue weighted by Gasteiger charge is 2.28.